The van der Waals surface area contributed by atoms with Crippen molar-refractivity contribution in [3.63, 3.8) is 0 Å². The molecule has 6 heteroatoms. The Bertz CT molecular complexity index is 871. The molecule has 0 unspecified atom stereocenters. The highest BCUT2D eigenvalue weighted by Crippen LogP contribution is 2.43. The molecule has 0 bridgehead atoms. The number of benzene rings is 2. The van der Waals surface area contributed by atoms with Crippen LogP contribution in [0.25, 0.3) is 0 Å². The highest BCUT2D eigenvalue weighted by molar-refractivity contribution is 6.01. The summed E-state index contributed by atoms with van der Waals surface area (Å²) >= 11 is 0. The second-order valence-electron chi connectivity index (χ2n) is 6.83. The largest absolute Gasteiger partial charge is 0.497 e. The van der Waals surface area contributed by atoms with Crippen LogP contribution in [0.1, 0.15) is 41.6 Å². The lowest BCUT2D eigenvalue weighted by Gasteiger charge is -2.27. The van der Waals surface area contributed by atoms with E-state index in [0.29, 0.717) is 29.9 Å². The lowest BCUT2D eigenvalue weighted by Crippen LogP contribution is -2.36. The Labute approximate surface area is 163 Å². The molecular formula is C22H23FO5. The van der Waals surface area contributed by atoms with Gasteiger partial charge in [-0.3, -0.25) is 9.59 Å². The monoisotopic (exact) mass is 386 g/mol. The molecule has 5 nitrogen and oxygen atoms in total. The molecule has 0 radical (unpaired) electrons. The first-order chi connectivity index (χ1) is 13.5. The number of methoxy groups -OCH3 is 2. The van der Waals surface area contributed by atoms with E-state index in [1.54, 1.807) is 30.3 Å². The van der Waals surface area contributed by atoms with Crippen LogP contribution in [0.2, 0.25) is 0 Å². The summed E-state index contributed by atoms with van der Waals surface area (Å²) in [7, 11) is 2.95. The zero-order valence-corrected chi connectivity index (χ0v) is 16.0. The Morgan fingerprint density at radius 2 is 1.75 bits per heavy atom. The minimum Gasteiger partial charge on any atom is -0.497 e. The van der Waals surface area contributed by atoms with Crippen molar-refractivity contribution in [2.45, 2.75) is 31.1 Å². The van der Waals surface area contributed by atoms with Crippen LogP contribution in [0.4, 0.5) is 4.39 Å². The highest BCUT2D eigenvalue weighted by Gasteiger charge is 2.46. The minimum absolute atomic E-state index is 0.265. The van der Waals surface area contributed by atoms with Crippen LogP contribution in [0.5, 0.6) is 11.5 Å². The van der Waals surface area contributed by atoms with E-state index in [9.17, 15) is 14.0 Å². The molecule has 0 aromatic heterocycles. The van der Waals surface area contributed by atoms with E-state index < -0.39 is 29.6 Å². The third-order valence-corrected chi connectivity index (χ3v) is 5.28. The van der Waals surface area contributed by atoms with E-state index in [2.05, 4.69) is 0 Å². The molecule has 2 aromatic carbocycles. The van der Waals surface area contributed by atoms with E-state index >= 15 is 0 Å². The van der Waals surface area contributed by atoms with Crippen molar-refractivity contribution in [2.75, 3.05) is 20.8 Å². The number of hydrogen-bond donors (Lipinski definition) is 0. The van der Waals surface area contributed by atoms with Gasteiger partial charge in [-0.2, -0.15) is 0 Å². The van der Waals surface area contributed by atoms with Crippen molar-refractivity contribution in [1.82, 2.24) is 0 Å². The molecule has 148 valence electrons. The Kier molecular flexibility index (Phi) is 5.97. The lowest BCUT2D eigenvalue weighted by atomic mass is 9.78. The summed E-state index contributed by atoms with van der Waals surface area (Å²) in [6.07, 6.45) is 2.62. The third-order valence-electron chi connectivity index (χ3n) is 5.28. The summed E-state index contributed by atoms with van der Waals surface area (Å²) in [5.41, 5.74) is -0.436. The first-order valence-corrected chi connectivity index (χ1v) is 9.19. The molecule has 28 heavy (non-hydrogen) atoms. The predicted molar refractivity (Wildman–Crippen MR) is 101 cm³/mol. The molecule has 0 N–H and O–H groups in total. The second kappa shape index (κ2) is 8.42. The van der Waals surface area contributed by atoms with Gasteiger partial charge in [0.2, 0.25) is 5.78 Å². The molecule has 0 aliphatic heterocycles. The number of Topliss-reactive ketones (excluding diaryl/α,β-unsaturated/α-hetero) is 1. The van der Waals surface area contributed by atoms with Crippen molar-refractivity contribution < 1.29 is 28.2 Å². The van der Waals surface area contributed by atoms with Gasteiger partial charge in [-0.1, -0.05) is 31.0 Å². The van der Waals surface area contributed by atoms with Gasteiger partial charge in [0, 0.05) is 5.56 Å². The Morgan fingerprint density at radius 1 is 1.04 bits per heavy atom. The van der Waals surface area contributed by atoms with E-state index in [1.165, 1.54) is 26.4 Å². The zero-order chi connectivity index (χ0) is 20.1. The van der Waals surface area contributed by atoms with Gasteiger partial charge in [-0.05, 0) is 37.1 Å². The summed E-state index contributed by atoms with van der Waals surface area (Å²) in [6, 6.07) is 11.1. The van der Waals surface area contributed by atoms with Gasteiger partial charge < -0.3 is 14.2 Å². The minimum atomic E-state index is -1.04. The van der Waals surface area contributed by atoms with Crippen molar-refractivity contribution in [2.24, 2.45) is 0 Å². The molecule has 1 aliphatic carbocycles. The number of ether oxygens (including phenoxy) is 3. The topological polar surface area (TPSA) is 61.8 Å². The van der Waals surface area contributed by atoms with Crippen molar-refractivity contribution in [3.8, 4) is 11.5 Å². The SMILES string of the molecule is COc1ccc(OC)c(C(=O)COC(=O)C2(c3ccccc3F)CCCC2)c1. The normalized spacial score (nSPS) is 15.1. The van der Waals surface area contributed by atoms with Gasteiger partial charge in [-0.15, -0.1) is 0 Å². The van der Waals surface area contributed by atoms with Crippen LogP contribution < -0.4 is 9.47 Å². The maximum Gasteiger partial charge on any atom is 0.317 e. The maximum absolute atomic E-state index is 14.4. The van der Waals surface area contributed by atoms with Gasteiger partial charge >= 0.3 is 5.97 Å². The maximum atomic E-state index is 14.4. The Hall–Kier alpha value is -2.89. The summed E-state index contributed by atoms with van der Waals surface area (Å²) in [6.45, 7) is -0.446. The number of ketones is 1. The molecule has 1 saturated carbocycles. The first-order valence-electron chi connectivity index (χ1n) is 9.19. The van der Waals surface area contributed by atoms with Gasteiger partial charge in [0.05, 0.1) is 25.2 Å². The molecule has 0 amide bonds. The van der Waals surface area contributed by atoms with E-state index in [4.69, 9.17) is 14.2 Å². The summed E-state index contributed by atoms with van der Waals surface area (Å²) in [5.74, 6) is -0.543. The first kappa shape index (κ1) is 19.9. The van der Waals surface area contributed by atoms with Gasteiger partial charge in [0.25, 0.3) is 0 Å². The summed E-state index contributed by atoms with van der Waals surface area (Å²) in [4.78, 5) is 25.6. The van der Waals surface area contributed by atoms with E-state index in [1.807, 2.05) is 0 Å². The summed E-state index contributed by atoms with van der Waals surface area (Å²) in [5, 5.41) is 0. The fourth-order valence-corrected chi connectivity index (χ4v) is 3.79. The number of esters is 1. The smallest absolute Gasteiger partial charge is 0.317 e. The fourth-order valence-electron chi connectivity index (χ4n) is 3.79. The molecule has 2 aromatic rings. The van der Waals surface area contributed by atoms with Crippen LogP contribution in [0.15, 0.2) is 42.5 Å². The van der Waals surface area contributed by atoms with Crippen molar-refractivity contribution >= 4 is 11.8 Å². The molecule has 0 atom stereocenters. The number of carbonyl (C=O) groups excluding carboxylic acids is 2. The number of hydrogen-bond acceptors (Lipinski definition) is 5. The molecule has 1 fully saturated rings. The highest BCUT2D eigenvalue weighted by atomic mass is 19.1. The van der Waals surface area contributed by atoms with Crippen LogP contribution in [-0.4, -0.2) is 32.6 Å². The summed E-state index contributed by atoms with van der Waals surface area (Å²) < 4.78 is 30.1. The number of halogens is 1. The fraction of sp³-hybridized carbons (Fsp3) is 0.364. The molecule has 3 rings (SSSR count). The molecule has 0 heterocycles. The van der Waals surface area contributed by atoms with Crippen molar-refractivity contribution in [1.29, 1.82) is 0 Å². The van der Waals surface area contributed by atoms with Crippen LogP contribution in [-0.2, 0) is 14.9 Å². The van der Waals surface area contributed by atoms with Crippen LogP contribution >= 0.6 is 0 Å². The second-order valence-corrected chi connectivity index (χ2v) is 6.83. The molecule has 1 aliphatic rings. The quantitative estimate of drug-likeness (QED) is 0.530. The van der Waals surface area contributed by atoms with Crippen LogP contribution in [0, 0.1) is 5.82 Å². The lowest BCUT2D eigenvalue weighted by molar-refractivity contribution is -0.149. The number of rotatable bonds is 7. The van der Waals surface area contributed by atoms with Gasteiger partial charge in [0.1, 0.15) is 17.3 Å². The van der Waals surface area contributed by atoms with Crippen molar-refractivity contribution in [3.05, 3.63) is 59.4 Å². The molecule has 0 saturated heterocycles. The van der Waals surface area contributed by atoms with Gasteiger partial charge in [0.15, 0.2) is 6.61 Å². The van der Waals surface area contributed by atoms with Gasteiger partial charge in [-0.25, -0.2) is 4.39 Å². The average molecular weight is 386 g/mol. The standard InChI is InChI=1S/C22H23FO5/c1-26-15-9-10-20(27-2)16(13-15)19(24)14-28-21(25)22(11-5-6-12-22)17-7-3-4-8-18(17)23/h3-4,7-10,13H,5-6,11-12,14H2,1-2H3. The molecular weight excluding hydrogens is 363 g/mol. The predicted octanol–water partition coefficient (Wildman–Crippen LogP) is 4.08. The Balaban J connectivity index is 1.79. The van der Waals surface area contributed by atoms with E-state index in [0.717, 1.165) is 12.8 Å². The molecule has 0 spiro atoms. The third kappa shape index (κ3) is 3.72. The Morgan fingerprint density at radius 3 is 2.39 bits per heavy atom. The number of carbonyl (C=O) groups is 2. The average Bonchev–Trinajstić information content (AvgIpc) is 3.22. The van der Waals surface area contributed by atoms with Crippen LogP contribution in [0.3, 0.4) is 0 Å². The zero-order valence-electron chi connectivity index (χ0n) is 16.0. The van der Waals surface area contributed by atoms with E-state index in [-0.39, 0.29) is 5.56 Å².